The van der Waals surface area contributed by atoms with Gasteiger partial charge in [-0.1, -0.05) is 24.3 Å². The quantitative estimate of drug-likeness (QED) is 0.427. The zero-order chi connectivity index (χ0) is 22.9. The molecule has 0 radical (unpaired) electrons. The number of benzene rings is 2. The lowest BCUT2D eigenvalue weighted by Crippen LogP contribution is -2.52. The first-order valence-electron chi connectivity index (χ1n) is 10.8. The predicted octanol–water partition coefficient (Wildman–Crippen LogP) is 4.39. The van der Waals surface area contributed by atoms with Gasteiger partial charge in [0.2, 0.25) is 0 Å². The number of amides is 1. The monoisotopic (exact) mass is 505 g/mol. The van der Waals surface area contributed by atoms with Crippen molar-refractivity contribution in [1.29, 1.82) is 0 Å². The molecule has 3 heterocycles. The molecule has 1 aliphatic heterocycles. The highest BCUT2D eigenvalue weighted by Crippen LogP contribution is 2.32. The maximum absolute atomic E-state index is 12.8. The number of rotatable bonds is 4. The van der Waals surface area contributed by atoms with Crippen LogP contribution in [0.15, 0.2) is 59.5 Å². The van der Waals surface area contributed by atoms with Crippen molar-refractivity contribution in [2.24, 2.45) is 0 Å². The van der Waals surface area contributed by atoms with Crippen LogP contribution in [-0.2, 0) is 0 Å². The molecule has 33 heavy (non-hydrogen) atoms. The topological polar surface area (TPSA) is 90.0 Å². The number of halogens is 1. The second-order valence-electron chi connectivity index (χ2n) is 8.24. The minimum atomic E-state index is -0.109. The van der Waals surface area contributed by atoms with E-state index in [4.69, 9.17) is 0 Å². The minimum Gasteiger partial charge on any atom is -0.365 e. The Balaban J connectivity index is 1.37. The van der Waals surface area contributed by atoms with Gasteiger partial charge >= 0.3 is 0 Å². The summed E-state index contributed by atoms with van der Waals surface area (Å²) in [5.41, 5.74) is 4.31. The molecule has 0 unspecified atom stereocenters. The number of para-hydroxylation sites is 1. The highest BCUT2D eigenvalue weighted by atomic mass is 79.9. The number of carbonyl (C=O) groups is 1. The van der Waals surface area contributed by atoms with Gasteiger partial charge in [0, 0.05) is 42.6 Å². The zero-order valence-corrected chi connectivity index (χ0v) is 20.0. The SMILES string of the molecule is Cc1ccc(C(=O)Nc2ccccc2)cc1N1CCN(c2ncnc3n[nH]c(Br)c23)C[C@@H]1C. The number of hydrogen-bond acceptors (Lipinski definition) is 6. The van der Waals surface area contributed by atoms with Gasteiger partial charge in [-0.15, -0.1) is 0 Å². The molecule has 4 aromatic rings. The number of aryl methyl sites for hydroxylation is 1. The van der Waals surface area contributed by atoms with E-state index in [0.29, 0.717) is 11.2 Å². The van der Waals surface area contributed by atoms with Crippen molar-refractivity contribution < 1.29 is 4.79 Å². The van der Waals surface area contributed by atoms with Gasteiger partial charge in [-0.25, -0.2) is 9.97 Å². The average Bonchev–Trinajstić information content (AvgIpc) is 3.21. The van der Waals surface area contributed by atoms with Crippen LogP contribution in [0.2, 0.25) is 0 Å². The Morgan fingerprint density at radius 2 is 1.97 bits per heavy atom. The van der Waals surface area contributed by atoms with Crippen molar-refractivity contribution >= 4 is 50.1 Å². The third-order valence-corrected chi connectivity index (χ3v) is 6.60. The van der Waals surface area contributed by atoms with Gasteiger partial charge in [0.05, 0.1) is 5.39 Å². The molecule has 1 atom stereocenters. The summed E-state index contributed by atoms with van der Waals surface area (Å²) >= 11 is 3.53. The smallest absolute Gasteiger partial charge is 0.255 e. The lowest BCUT2D eigenvalue weighted by atomic mass is 10.0. The molecule has 9 heteroatoms. The fraction of sp³-hybridized carbons (Fsp3) is 0.250. The Hall–Kier alpha value is -3.46. The largest absolute Gasteiger partial charge is 0.365 e. The van der Waals surface area contributed by atoms with E-state index in [1.807, 2.05) is 48.5 Å². The summed E-state index contributed by atoms with van der Waals surface area (Å²) in [6, 6.07) is 15.6. The Bertz CT molecular complexity index is 1310. The molecule has 2 aromatic heterocycles. The van der Waals surface area contributed by atoms with Crippen LogP contribution in [0, 0.1) is 6.92 Å². The van der Waals surface area contributed by atoms with E-state index in [-0.39, 0.29) is 11.9 Å². The third-order valence-electron chi connectivity index (χ3n) is 6.03. The van der Waals surface area contributed by atoms with E-state index in [2.05, 4.69) is 65.1 Å². The standard InChI is InChI=1S/C24H24BrN7O/c1-15-8-9-17(24(33)28-18-6-4-3-5-7-18)12-19(15)32-11-10-31(13-16(32)2)23-20-21(25)29-30-22(20)26-14-27-23/h3-9,12,14,16H,10-11,13H2,1-2H3,(H,28,33)(H,26,27,29,30)/t16-/m0/s1. The van der Waals surface area contributed by atoms with Crippen LogP contribution < -0.4 is 15.1 Å². The Kier molecular flexibility index (Phi) is 5.72. The summed E-state index contributed by atoms with van der Waals surface area (Å²) in [6.07, 6.45) is 1.56. The highest BCUT2D eigenvalue weighted by molar-refractivity contribution is 9.10. The lowest BCUT2D eigenvalue weighted by molar-refractivity contribution is 0.102. The van der Waals surface area contributed by atoms with Gasteiger partial charge in [-0.05, 0) is 59.6 Å². The van der Waals surface area contributed by atoms with E-state index < -0.39 is 0 Å². The molecule has 2 N–H and O–H groups in total. The molecule has 1 aliphatic rings. The number of nitrogens with one attached hydrogen (secondary N) is 2. The predicted molar refractivity (Wildman–Crippen MR) is 134 cm³/mol. The van der Waals surface area contributed by atoms with Gasteiger partial charge in [-0.2, -0.15) is 5.10 Å². The number of carbonyl (C=O) groups excluding carboxylic acids is 1. The molecule has 1 fully saturated rings. The molecule has 0 saturated carbocycles. The van der Waals surface area contributed by atoms with Crippen LogP contribution in [0.25, 0.3) is 11.0 Å². The van der Waals surface area contributed by atoms with Gasteiger partial charge in [0.15, 0.2) is 5.65 Å². The fourth-order valence-electron chi connectivity index (χ4n) is 4.34. The summed E-state index contributed by atoms with van der Waals surface area (Å²) in [5, 5.41) is 11.0. The molecule has 2 aromatic carbocycles. The average molecular weight is 506 g/mol. The Labute approximate surface area is 200 Å². The van der Waals surface area contributed by atoms with Gasteiger partial charge in [0.25, 0.3) is 5.91 Å². The highest BCUT2D eigenvalue weighted by Gasteiger charge is 2.28. The normalized spacial score (nSPS) is 16.3. The molecule has 8 nitrogen and oxygen atoms in total. The number of nitrogens with zero attached hydrogens (tertiary/aromatic N) is 5. The van der Waals surface area contributed by atoms with Crippen molar-refractivity contribution in [2.45, 2.75) is 19.9 Å². The number of piperazine rings is 1. The molecule has 5 rings (SSSR count). The molecule has 168 valence electrons. The van der Waals surface area contributed by atoms with E-state index in [0.717, 1.165) is 52.4 Å². The number of anilines is 3. The maximum atomic E-state index is 12.8. The van der Waals surface area contributed by atoms with Crippen LogP contribution in [0.3, 0.4) is 0 Å². The number of aromatic amines is 1. The van der Waals surface area contributed by atoms with Crippen LogP contribution >= 0.6 is 15.9 Å². The first-order valence-corrected chi connectivity index (χ1v) is 11.6. The van der Waals surface area contributed by atoms with Crippen molar-refractivity contribution in [1.82, 2.24) is 20.2 Å². The lowest BCUT2D eigenvalue weighted by Gasteiger charge is -2.42. The molecule has 0 aliphatic carbocycles. The molecule has 1 saturated heterocycles. The summed E-state index contributed by atoms with van der Waals surface area (Å²) < 4.78 is 0.788. The number of fused-ring (bicyclic) bond motifs is 1. The van der Waals surface area contributed by atoms with Gasteiger partial charge in [-0.3, -0.25) is 9.89 Å². The van der Waals surface area contributed by atoms with Crippen molar-refractivity contribution in [2.75, 3.05) is 34.8 Å². The summed E-state index contributed by atoms with van der Waals surface area (Å²) in [5.74, 6) is 0.766. The van der Waals surface area contributed by atoms with Gasteiger partial charge in [0.1, 0.15) is 16.7 Å². The summed E-state index contributed by atoms with van der Waals surface area (Å²) in [4.78, 5) is 26.3. The Morgan fingerprint density at radius 1 is 1.15 bits per heavy atom. The van der Waals surface area contributed by atoms with Crippen LogP contribution in [0.5, 0.6) is 0 Å². The van der Waals surface area contributed by atoms with E-state index >= 15 is 0 Å². The minimum absolute atomic E-state index is 0.109. The number of H-pyrrole nitrogens is 1. The van der Waals surface area contributed by atoms with E-state index in [1.165, 1.54) is 0 Å². The van der Waals surface area contributed by atoms with Crippen LogP contribution in [0.1, 0.15) is 22.8 Å². The molecule has 0 spiro atoms. The number of aromatic nitrogens is 4. The summed E-state index contributed by atoms with van der Waals surface area (Å²) in [6.45, 7) is 6.69. The molecule has 0 bridgehead atoms. The third kappa shape index (κ3) is 4.16. The molecular formula is C24H24BrN7O. The van der Waals surface area contributed by atoms with Crippen molar-refractivity contribution in [3.63, 3.8) is 0 Å². The van der Waals surface area contributed by atoms with E-state index in [1.54, 1.807) is 6.33 Å². The Morgan fingerprint density at radius 3 is 2.76 bits per heavy atom. The second-order valence-corrected chi connectivity index (χ2v) is 9.04. The second kappa shape index (κ2) is 8.82. The van der Waals surface area contributed by atoms with Crippen molar-refractivity contribution in [3.8, 4) is 0 Å². The summed E-state index contributed by atoms with van der Waals surface area (Å²) in [7, 11) is 0. The number of hydrogen-bond donors (Lipinski definition) is 2. The fourth-order valence-corrected chi connectivity index (χ4v) is 4.78. The van der Waals surface area contributed by atoms with Crippen molar-refractivity contribution in [3.05, 3.63) is 70.6 Å². The van der Waals surface area contributed by atoms with Crippen LogP contribution in [0.4, 0.5) is 17.2 Å². The van der Waals surface area contributed by atoms with E-state index in [9.17, 15) is 4.79 Å². The first-order chi connectivity index (χ1) is 16.0. The van der Waals surface area contributed by atoms with Crippen LogP contribution in [-0.4, -0.2) is 51.7 Å². The molecule has 1 amide bonds. The first kappa shape index (κ1) is 21.4. The zero-order valence-electron chi connectivity index (χ0n) is 18.4. The molecular weight excluding hydrogens is 482 g/mol. The van der Waals surface area contributed by atoms with Gasteiger partial charge < -0.3 is 15.1 Å². The maximum Gasteiger partial charge on any atom is 0.255 e.